The summed E-state index contributed by atoms with van der Waals surface area (Å²) in [5, 5.41) is 3.39. The van der Waals surface area contributed by atoms with E-state index in [1.165, 1.54) is 31.5 Å². The van der Waals surface area contributed by atoms with Gasteiger partial charge in [-0.1, -0.05) is 48.0 Å². The number of nitrogens with one attached hydrogen (secondary N) is 1. The molecule has 0 aromatic heterocycles. The summed E-state index contributed by atoms with van der Waals surface area (Å²) in [7, 11) is 0. The largest absolute Gasteiger partial charge is 0.482 e. The van der Waals surface area contributed by atoms with Gasteiger partial charge in [0, 0.05) is 13.1 Å². The minimum Gasteiger partial charge on any atom is -0.482 e. The van der Waals surface area contributed by atoms with Crippen LogP contribution in [0.25, 0.3) is 0 Å². The second kappa shape index (κ2) is 8.88. The Bertz CT molecular complexity index is 714. The van der Waals surface area contributed by atoms with E-state index in [-0.39, 0.29) is 12.5 Å². The summed E-state index contributed by atoms with van der Waals surface area (Å²) in [5.41, 5.74) is 2.39. The van der Waals surface area contributed by atoms with E-state index in [1.807, 2.05) is 24.3 Å². The van der Waals surface area contributed by atoms with Gasteiger partial charge in [-0.05, 0) is 49.2 Å². The number of amides is 1. The van der Waals surface area contributed by atoms with Gasteiger partial charge < -0.3 is 10.1 Å². The number of halogens is 1. The van der Waals surface area contributed by atoms with Crippen LogP contribution < -0.4 is 10.1 Å². The van der Waals surface area contributed by atoms with Crippen LogP contribution in [-0.2, 0) is 17.9 Å². The Morgan fingerprint density at radius 1 is 1.08 bits per heavy atom. The number of carbonyl (C=O) groups excluding carboxylic acids is 1. The predicted molar refractivity (Wildman–Crippen MR) is 99.7 cm³/mol. The average molecular weight is 359 g/mol. The van der Waals surface area contributed by atoms with Crippen molar-refractivity contribution >= 4 is 17.5 Å². The molecule has 0 spiro atoms. The second-order valence-corrected chi connectivity index (χ2v) is 6.71. The molecule has 0 bridgehead atoms. The Labute approximate surface area is 153 Å². The first-order valence-electron chi connectivity index (χ1n) is 8.65. The van der Waals surface area contributed by atoms with E-state index >= 15 is 0 Å². The van der Waals surface area contributed by atoms with E-state index in [2.05, 4.69) is 22.3 Å². The van der Waals surface area contributed by atoms with Crippen LogP contribution in [0.1, 0.15) is 24.0 Å². The van der Waals surface area contributed by atoms with Gasteiger partial charge in [0.15, 0.2) is 6.61 Å². The summed E-state index contributed by atoms with van der Waals surface area (Å²) in [4.78, 5) is 14.4. The van der Waals surface area contributed by atoms with Crippen molar-refractivity contribution in [2.75, 3.05) is 19.7 Å². The number of benzene rings is 2. The summed E-state index contributed by atoms with van der Waals surface area (Å²) < 4.78 is 5.45. The number of ether oxygens (including phenoxy) is 1. The van der Waals surface area contributed by atoms with Crippen LogP contribution in [0.3, 0.4) is 0 Å². The van der Waals surface area contributed by atoms with Crippen LogP contribution in [0.15, 0.2) is 48.5 Å². The van der Waals surface area contributed by atoms with Gasteiger partial charge >= 0.3 is 0 Å². The van der Waals surface area contributed by atoms with Crippen molar-refractivity contribution < 1.29 is 9.53 Å². The Balaban J connectivity index is 1.46. The molecule has 2 aromatic carbocycles. The molecule has 0 aliphatic carbocycles. The Kier molecular flexibility index (Phi) is 6.31. The maximum absolute atomic E-state index is 12.0. The standard InChI is InChI=1S/C20H23ClN2O2/c21-18-8-1-2-9-19(18)25-15-20(24)22-13-16-6-5-7-17(12-16)14-23-10-3-4-11-23/h1-2,5-9,12H,3-4,10-11,13-15H2,(H,22,24). The maximum Gasteiger partial charge on any atom is 0.258 e. The molecule has 2 aromatic rings. The summed E-state index contributed by atoms with van der Waals surface area (Å²) >= 11 is 6.01. The third-order valence-electron chi connectivity index (χ3n) is 4.28. The molecule has 0 saturated carbocycles. The fourth-order valence-electron chi connectivity index (χ4n) is 2.99. The lowest BCUT2D eigenvalue weighted by Gasteiger charge is -2.15. The lowest BCUT2D eigenvalue weighted by molar-refractivity contribution is -0.123. The zero-order valence-electron chi connectivity index (χ0n) is 14.2. The van der Waals surface area contributed by atoms with E-state index in [9.17, 15) is 4.79 Å². The quantitative estimate of drug-likeness (QED) is 0.821. The zero-order valence-corrected chi connectivity index (χ0v) is 15.0. The molecule has 1 fully saturated rings. The summed E-state index contributed by atoms with van der Waals surface area (Å²) in [6.07, 6.45) is 2.59. The fourth-order valence-corrected chi connectivity index (χ4v) is 3.18. The highest BCUT2D eigenvalue weighted by molar-refractivity contribution is 6.32. The summed E-state index contributed by atoms with van der Waals surface area (Å²) in [6, 6.07) is 15.5. The van der Waals surface area contributed by atoms with Gasteiger partial charge in [0.05, 0.1) is 5.02 Å². The fraction of sp³-hybridized carbons (Fsp3) is 0.350. The molecule has 1 N–H and O–H groups in total. The van der Waals surface area contributed by atoms with Crippen molar-refractivity contribution in [2.24, 2.45) is 0 Å². The summed E-state index contributed by atoms with van der Waals surface area (Å²) in [6.45, 7) is 3.80. The van der Waals surface area contributed by atoms with Crippen LogP contribution in [0.2, 0.25) is 5.02 Å². The minimum atomic E-state index is -0.162. The molecule has 1 aliphatic heterocycles. The van der Waals surface area contributed by atoms with Gasteiger partial charge in [-0.25, -0.2) is 0 Å². The molecule has 0 radical (unpaired) electrons. The first-order chi connectivity index (χ1) is 12.2. The van der Waals surface area contributed by atoms with E-state index in [0.29, 0.717) is 17.3 Å². The molecule has 1 amide bonds. The molecule has 1 saturated heterocycles. The molecule has 1 aliphatic rings. The number of rotatable bonds is 7. The second-order valence-electron chi connectivity index (χ2n) is 6.30. The highest BCUT2D eigenvalue weighted by atomic mass is 35.5. The van der Waals surface area contributed by atoms with Crippen LogP contribution in [0.4, 0.5) is 0 Å². The number of likely N-dealkylation sites (tertiary alicyclic amines) is 1. The van der Waals surface area contributed by atoms with E-state index in [0.717, 1.165) is 12.1 Å². The van der Waals surface area contributed by atoms with E-state index in [4.69, 9.17) is 16.3 Å². The third kappa shape index (κ3) is 5.48. The first kappa shape index (κ1) is 17.8. The van der Waals surface area contributed by atoms with Crippen LogP contribution in [0, 0.1) is 0 Å². The van der Waals surface area contributed by atoms with Crippen molar-refractivity contribution in [3.05, 3.63) is 64.7 Å². The third-order valence-corrected chi connectivity index (χ3v) is 4.59. The van der Waals surface area contributed by atoms with Gasteiger partial charge in [-0.15, -0.1) is 0 Å². The molecule has 3 rings (SSSR count). The molecule has 132 valence electrons. The molecule has 25 heavy (non-hydrogen) atoms. The van der Waals surface area contributed by atoms with Gasteiger partial charge in [0.1, 0.15) is 5.75 Å². The Hall–Kier alpha value is -2.04. The SMILES string of the molecule is O=C(COc1ccccc1Cl)NCc1cccc(CN2CCCC2)c1. The number of hydrogen-bond acceptors (Lipinski definition) is 3. The minimum absolute atomic E-state index is 0.0444. The van der Waals surface area contributed by atoms with Crippen LogP contribution in [0.5, 0.6) is 5.75 Å². The molecule has 0 unspecified atom stereocenters. The number of para-hydroxylation sites is 1. The number of nitrogens with zero attached hydrogens (tertiary/aromatic N) is 1. The van der Waals surface area contributed by atoms with E-state index < -0.39 is 0 Å². The molecule has 4 nitrogen and oxygen atoms in total. The molecule has 5 heteroatoms. The van der Waals surface area contributed by atoms with Crippen molar-refractivity contribution in [3.63, 3.8) is 0 Å². The topological polar surface area (TPSA) is 41.6 Å². The maximum atomic E-state index is 12.0. The summed E-state index contributed by atoms with van der Waals surface area (Å²) in [5.74, 6) is 0.358. The Morgan fingerprint density at radius 3 is 2.64 bits per heavy atom. The van der Waals surface area contributed by atoms with Crippen molar-refractivity contribution in [1.82, 2.24) is 10.2 Å². The zero-order chi connectivity index (χ0) is 17.5. The lowest BCUT2D eigenvalue weighted by Crippen LogP contribution is -2.28. The number of hydrogen-bond donors (Lipinski definition) is 1. The van der Waals surface area contributed by atoms with Crippen molar-refractivity contribution in [2.45, 2.75) is 25.9 Å². The van der Waals surface area contributed by atoms with Crippen molar-refractivity contribution in [1.29, 1.82) is 0 Å². The predicted octanol–water partition coefficient (Wildman–Crippen LogP) is 3.63. The Morgan fingerprint density at radius 2 is 1.84 bits per heavy atom. The highest BCUT2D eigenvalue weighted by Crippen LogP contribution is 2.22. The van der Waals surface area contributed by atoms with E-state index in [1.54, 1.807) is 12.1 Å². The van der Waals surface area contributed by atoms with Crippen molar-refractivity contribution in [3.8, 4) is 5.75 Å². The molecule has 1 heterocycles. The monoisotopic (exact) mass is 358 g/mol. The van der Waals surface area contributed by atoms with Gasteiger partial charge in [-0.2, -0.15) is 0 Å². The molecular formula is C20H23ClN2O2. The first-order valence-corrected chi connectivity index (χ1v) is 9.03. The number of carbonyl (C=O) groups is 1. The highest BCUT2D eigenvalue weighted by Gasteiger charge is 2.12. The normalized spacial score (nSPS) is 14.4. The van der Waals surface area contributed by atoms with Gasteiger partial charge in [0.2, 0.25) is 0 Å². The lowest BCUT2D eigenvalue weighted by atomic mass is 10.1. The smallest absolute Gasteiger partial charge is 0.258 e. The van der Waals surface area contributed by atoms with Crippen LogP contribution in [-0.4, -0.2) is 30.5 Å². The average Bonchev–Trinajstić information content (AvgIpc) is 3.12. The van der Waals surface area contributed by atoms with Crippen LogP contribution >= 0.6 is 11.6 Å². The van der Waals surface area contributed by atoms with Gasteiger partial charge in [0.25, 0.3) is 5.91 Å². The molecular weight excluding hydrogens is 336 g/mol. The van der Waals surface area contributed by atoms with Gasteiger partial charge in [-0.3, -0.25) is 9.69 Å². The molecule has 0 atom stereocenters.